The Morgan fingerprint density at radius 3 is 2.60 bits per heavy atom. The number of rotatable bonds is 3. The highest BCUT2D eigenvalue weighted by molar-refractivity contribution is 5.49. The molecular weight excluding hydrogens is 246 g/mol. The van der Waals surface area contributed by atoms with Crippen LogP contribution in [0.25, 0.3) is 0 Å². The van der Waals surface area contributed by atoms with Crippen LogP contribution in [0.2, 0.25) is 0 Å². The molecule has 1 N–H and O–H groups in total. The largest absolute Gasteiger partial charge is 0.496 e. The molecule has 1 aromatic carbocycles. The fourth-order valence-electron chi connectivity index (χ4n) is 3.19. The Bertz CT molecular complexity index is 453. The van der Waals surface area contributed by atoms with Crippen LogP contribution in [0.3, 0.4) is 0 Å². The number of piperidine rings is 1. The third-order valence-corrected chi connectivity index (χ3v) is 4.40. The van der Waals surface area contributed by atoms with Crippen molar-refractivity contribution in [3.8, 4) is 5.75 Å². The lowest BCUT2D eigenvalue weighted by atomic mass is 9.82. The maximum absolute atomic E-state index is 5.80. The quantitative estimate of drug-likeness (QED) is 0.905. The molecule has 1 fully saturated rings. The number of hydrogen-bond acceptors (Lipinski definition) is 2. The van der Waals surface area contributed by atoms with Crippen molar-refractivity contribution < 1.29 is 4.74 Å². The van der Waals surface area contributed by atoms with Crippen molar-refractivity contribution in [3.05, 3.63) is 28.8 Å². The molecule has 1 aromatic rings. The fraction of sp³-hybridized carbons (Fsp3) is 0.667. The van der Waals surface area contributed by atoms with E-state index in [1.54, 1.807) is 0 Å². The van der Waals surface area contributed by atoms with Crippen LogP contribution < -0.4 is 10.1 Å². The van der Waals surface area contributed by atoms with Crippen molar-refractivity contribution in [1.29, 1.82) is 0 Å². The number of benzene rings is 1. The monoisotopic (exact) mass is 275 g/mol. The van der Waals surface area contributed by atoms with Crippen LogP contribution in [0, 0.1) is 12.8 Å². The molecule has 1 atom stereocenters. The number of ether oxygens (including phenoxy) is 1. The molecule has 2 rings (SSSR count). The highest BCUT2D eigenvalue weighted by Gasteiger charge is 2.24. The minimum atomic E-state index is 0.124. The average Bonchev–Trinajstić information content (AvgIpc) is 2.40. The second kappa shape index (κ2) is 6.17. The highest BCUT2D eigenvalue weighted by atomic mass is 16.5. The van der Waals surface area contributed by atoms with Gasteiger partial charge in [0.2, 0.25) is 0 Å². The molecule has 1 heterocycles. The molecule has 0 radical (unpaired) electrons. The molecule has 0 aromatic heterocycles. The molecule has 0 bridgehead atoms. The summed E-state index contributed by atoms with van der Waals surface area (Å²) >= 11 is 0. The molecule has 0 spiro atoms. The topological polar surface area (TPSA) is 21.3 Å². The van der Waals surface area contributed by atoms with E-state index in [9.17, 15) is 0 Å². The van der Waals surface area contributed by atoms with Gasteiger partial charge in [-0.3, -0.25) is 0 Å². The smallest absolute Gasteiger partial charge is 0.126 e. The summed E-state index contributed by atoms with van der Waals surface area (Å²) in [5.74, 6) is 1.86. The summed E-state index contributed by atoms with van der Waals surface area (Å²) in [6, 6.07) is 4.49. The Hall–Kier alpha value is -1.02. The molecule has 112 valence electrons. The van der Waals surface area contributed by atoms with Gasteiger partial charge in [0.25, 0.3) is 0 Å². The van der Waals surface area contributed by atoms with Gasteiger partial charge in [-0.15, -0.1) is 0 Å². The van der Waals surface area contributed by atoms with Crippen LogP contribution in [0.15, 0.2) is 12.1 Å². The first-order chi connectivity index (χ1) is 9.43. The number of hydrogen-bond donors (Lipinski definition) is 1. The maximum Gasteiger partial charge on any atom is 0.126 e. The Morgan fingerprint density at radius 2 is 2.05 bits per heavy atom. The molecule has 1 aliphatic rings. The van der Waals surface area contributed by atoms with E-state index in [1.807, 2.05) is 7.11 Å². The van der Waals surface area contributed by atoms with E-state index < -0.39 is 0 Å². The third kappa shape index (κ3) is 3.35. The zero-order chi connectivity index (χ0) is 14.8. The van der Waals surface area contributed by atoms with Crippen molar-refractivity contribution in [2.24, 2.45) is 5.92 Å². The predicted octanol–water partition coefficient (Wildman–Crippen LogP) is 3.84. The van der Waals surface area contributed by atoms with E-state index in [0.29, 0.717) is 0 Å². The van der Waals surface area contributed by atoms with Gasteiger partial charge in [-0.05, 0) is 67.3 Å². The van der Waals surface area contributed by atoms with Crippen molar-refractivity contribution in [2.75, 3.05) is 20.2 Å². The van der Waals surface area contributed by atoms with Gasteiger partial charge >= 0.3 is 0 Å². The number of methoxy groups -OCH3 is 1. The summed E-state index contributed by atoms with van der Waals surface area (Å²) in [5, 5.41) is 3.52. The van der Waals surface area contributed by atoms with Crippen LogP contribution in [-0.4, -0.2) is 20.2 Å². The Balaban J connectivity index is 2.34. The van der Waals surface area contributed by atoms with Crippen molar-refractivity contribution >= 4 is 0 Å². The second-order valence-corrected chi connectivity index (χ2v) is 7.11. The lowest BCUT2D eigenvalue weighted by Crippen LogP contribution is -2.31. The zero-order valence-corrected chi connectivity index (χ0v) is 13.7. The minimum Gasteiger partial charge on any atom is -0.496 e. The molecular formula is C18H29NO. The van der Waals surface area contributed by atoms with Gasteiger partial charge in [-0.1, -0.05) is 32.9 Å². The van der Waals surface area contributed by atoms with Crippen LogP contribution in [0.5, 0.6) is 5.75 Å². The molecule has 2 nitrogen and oxygen atoms in total. The van der Waals surface area contributed by atoms with Gasteiger partial charge in [0.1, 0.15) is 5.75 Å². The van der Waals surface area contributed by atoms with Crippen LogP contribution in [0.1, 0.15) is 50.3 Å². The van der Waals surface area contributed by atoms with E-state index in [0.717, 1.165) is 24.6 Å². The molecule has 1 aliphatic heterocycles. The van der Waals surface area contributed by atoms with E-state index in [2.05, 4.69) is 45.1 Å². The van der Waals surface area contributed by atoms with Gasteiger partial charge in [0.05, 0.1) is 7.11 Å². The first-order valence-electron chi connectivity index (χ1n) is 7.81. The summed E-state index contributed by atoms with van der Waals surface area (Å²) in [4.78, 5) is 0. The van der Waals surface area contributed by atoms with E-state index in [-0.39, 0.29) is 5.41 Å². The molecule has 0 aliphatic carbocycles. The van der Waals surface area contributed by atoms with E-state index in [1.165, 1.54) is 36.1 Å². The summed E-state index contributed by atoms with van der Waals surface area (Å²) in [7, 11) is 1.81. The molecule has 1 saturated heterocycles. The van der Waals surface area contributed by atoms with Crippen LogP contribution in [-0.2, 0) is 11.8 Å². The molecule has 0 saturated carbocycles. The number of aryl methyl sites for hydroxylation is 1. The summed E-state index contributed by atoms with van der Waals surface area (Å²) in [6.45, 7) is 11.3. The van der Waals surface area contributed by atoms with Crippen molar-refractivity contribution in [3.63, 3.8) is 0 Å². The van der Waals surface area contributed by atoms with Crippen LogP contribution in [0.4, 0.5) is 0 Å². The molecule has 1 unspecified atom stereocenters. The average molecular weight is 275 g/mol. The first-order valence-corrected chi connectivity index (χ1v) is 7.81. The third-order valence-electron chi connectivity index (χ3n) is 4.40. The number of nitrogens with one attached hydrogen (secondary N) is 1. The molecule has 0 amide bonds. The first kappa shape index (κ1) is 15.4. The Kier molecular flexibility index (Phi) is 4.74. The summed E-state index contributed by atoms with van der Waals surface area (Å²) < 4.78 is 5.80. The molecule has 20 heavy (non-hydrogen) atoms. The highest BCUT2D eigenvalue weighted by Crippen LogP contribution is 2.37. The maximum atomic E-state index is 5.80. The lowest BCUT2D eigenvalue weighted by molar-refractivity contribution is 0.358. The lowest BCUT2D eigenvalue weighted by Gasteiger charge is -2.28. The van der Waals surface area contributed by atoms with Gasteiger partial charge in [0, 0.05) is 0 Å². The van der Waals surface area contributed by atoms with Gasteiger partial charge in [0.15, 0.2) is 0 Å². The second-order valence-electron chi connectivity index (χ2n) is 7.11. The van der Waals surface area contributed by atoms with Gasteiger partial charge in [-0.25, -0.2) is 0 Å². The van der Waals surface area contributed by atoms with Gasteiger partial charge in [-0.2, -0.15) is 0 Å². The van der Waals surface area contributed by atoms with Gasteiger partial charge < -0.3 is 10.1 Å². The standard InChI is InChI=1S/C18H29NO/c1-13-8-9-16(18(2,3)4)17(20-5)15(13)11-14-7-6-10-19-12-14/h8-9,14,19H,6-7,10-12H2,1-5H3. The van der Waals surface area contributed by atoms with Crippen LogP contribution >= 0.6 is 0 Å². The fourth-order valence-corrected chi connectivity index (χ4v) is 3.19. The Morgan fingerprint density at radius 1 is 1.30 bits per heavy atom. The minimum absolute atomic E-state index is 0.124. The summed E-state index contributed by atoms with van der Waals surface area (Å²) in [5.41, 5.74) is 4.22. The van der Waals surface area contributed by atoms with E-state index >= 15 is 0 Å². The van der Waals surface area contributed by atoms with Crippen molar-refractivity contribution in [1.82, 2.24) is 5.32 Å². The predicted molar refractivity (Wildman–Crippen MR) is 85.7 cm³/mol. The summed E-state index contributed by atoms with van der Waals surface area (Å²) in [6.07, 6.45) is 3.76. The SMILES string of the molecule is COc1c(C(C)(C)C)ccc(C)c1CC1CCCNC1. The molecule has 2 heteroatoms. The normalized spacial score (nSPS) is 19.9. The zero-order valence-electron chi connectivity index (χ0n) is 13.7. The Labute approximate surface area is 123 Å². The van der Waals surface area contributed by atoms with E-state index in [4.69, 9.17) is 4.74 Å². The van der Waals surface area contributed by atoms with Crippen molar-refractivity contribution in [2.45, 2.75) is 52.4 Å².